The van der Waals surface area contributed by atoms with E-state index in [0.717, 1.165) is 17.8 Å². The molecular weight excluding hydrogens is 274 g/mol. The Balaban J connectivity index is 2.06. The van der Waals surface area contributed by atoms with Crippen molar-refractivity contribution in [2.75, 3.05) is 11.4 Å². The Morgan fingerprint density at radius 3 is 2.23 bits per heavy atom. The van der Waals surface area contributed by atoms with E-state index in [-0.39, 0.29) is 5.91 Å². The number of benzene rings is 2. The number of para-hydroxylation sites is 1. The van der Waals surface area contributed by atoms with Gasteiger partial charge in [-0.05, 0) is 43.7 Å². The van der Waals surface area contributed by atoms with Crippen LogP contribution in [0.3, 0.4) is 0 Å². The molecule has 0 heterocycles. The van der Waals surface area contributed by atoms with Gasteiger partial charge in [0.1, 0.15) is 0 Å². The monoisotopic (exact) mass is 297 g/mol. The number of carbonyl (C=O) groups excluding carboxylic acids is 1. The summed E-state index contributed by atoms with van der Waals surface area (Å²) < 4.78 is 0. The van der Waals surface area contributed by atoms with E-state index in [1.54, 1.807) is 6.92 Å². The third-order valence-electron chi connectivity index (χ3n) is 3.51. The molecule has 0 unspecified atom stereocenters. The number of amides is 1. The van der Waals surface area contributed by atoms with Gasteiger partial charge in [-0.3, -0.25) is 4.79 Å². The molecule has 116 valence electrons. The zero-order valence-corrected chi connectivity index (χ0v) is 13.1. The second kappa shape index (κ2) is 7.61. The number of hydrogen-bond donors (Lipinski definition) is 2. The fourth-order valence-electron chi connectivity index (χ4n) is 2.27. The summed E-state index contributed by atoms with van der Waals surface area (Å²) in [6, 6.07) is 18.0. The summed E-state index contributed by atoms with van der Waals surface area (Å²) >= 11 is 0. The van der Waals surface area contributed by atoms with Gasteiger partial charge in [0.15, 0.2) is 0 Å². The summed E-state index contributed by atoms with van der Waals surface area (Å²) in [6.45, 7) is 5.20. The maximum atomic E-state index is 11.5. The van der Waals surface area contributed by atoms with Crippen LogP contribution in [0.1, 0.15) is 19.4 Å². The predicted octanol–water partition coefficient (Wildman–Crippen LogP) is 2.81. The van der Waals surface area contributed by atoms with Crippen LogP contribution in [-0.2, 0) is 11.3 Å². The van der Waals surface area contributed by atoms with Crippen LogP contribution >= 0.6 is 0 Å². The lowest BCUT2D eigenvalue weighted by Gasteiger charge is -2.23. The highest BCUT2D eigenvalue weighted by atomic mass is 16.2. The molecule has 0 aliphatic rings. The fourth-order valence-corrected chi connectivity index (χ4v) is 2.27. The molecule has 0 saturated heterocycles. The van der Waals surface area contributed by atoms with Crippen molar-refractivity contribution in [3.05, 3.63) is 60.2 Å². The highest BCUT2D eigenvalue weighted by molar-refractivity contribution is 5.80. The molecule has 1 amide bonds. The van der Waals surface area contributed by atoms with Gasteiger partial charge in [0.05, 0.1) is 6.04 Å². The molecule has 0 aromatic heterocycles. The van der Waals surface area contributed by atoms with Gasteiger partial charge in [-0.1, -0.05) is 30.3 Å². The highest BCUT2D eigenvalue weighted by Gasteiger charge is 2.08. The molecule has 2 aromatic rings. The lowest BCUT2D eigenvalue weighted by atomic mass is 10.1. The first-order chi connectivity index (χ1) is 10.6. The van der Waals surface area contributed by atoms with E-state index < -0.39 is 6.04 Å². The van der Waals surface area contributed by atoms with Gasteiger partial charge < -0.3 is 16.0 Å². The molecule has 2 rings (SSSR count). The van der Waals surface area contributed by atoms with Gasteiger partial charge in [0, 0.05) is 24.5 Å². The molecule has 1 atom stereocenters. The van der Waals surface area contributed by atoms with E-state index in [2.05, 4.69) is 41.4 Å². The third kappa shape index (κ3) is 4.09. The first-order valence-corrected chi connectivity index (χ1v) is 7.56. The van der Waals surface area contributed by atoms with Crippen LogP contribution in [-0.4, -0.2) is 18.5 Å². The summed E-state index contributed by atoms with van der Waals surface area (Å²) in [4.78, 5) is 13.7. The van der Waals surface area contributed by atoms with Crippen molar-refractivity contribution < 1.29 is 4.79 Å². The lowest BCUT2D eigenvalue weighted by Crippen LogP contribution is -2.37. The zero-order valence-electron chi connectivity index (χ0n) is 13.1. The largest absolute Gasteiger partial charge is 0.351 e. The Hall–Kier alpha value is -2.33. The molecule has 0 fully saturated rings. The molecular formula is C18H23N3O. The van der Waals surface area contributed by atoms with E-state index >= 15 is 0 Å². The molecule has 3 N–H and O–H groups in total. The van der Waals surface area contributed by atoms with Crippen LogP contribution < -0.4 is 16.0 Å². The van der Waals surface area contributed by atoms with Gasteiger partial charge in [-0.15, -0.1) is 0 Å². The first kappa shape index (κ1) is 16.0. The highest BCUT2D eigenvalue weighted by Crippen LogP contribution is 2.24. The van der Waals surface area contributed by atoms with E-state index in [0.29, 0.717) is 6.54 Å². The molecule has 0 spiro atoms. The Morgan fingerprint density at radius 2 is 1.68 bits per heavy atom. The maximum absolute atomic E-state index is 11.5. The van der Waals surface area contributed by atoms with Crippen LogP contribution in [0.15, 0.2) is 54.6 Å². The summed E-state index contributed by atoms with van der Waals surface area (Å²) in [5, 5.41) is 2.82. The van der Waals surface area contributed by atoms with E-state index in [1.165, 1.54) is 5.69 Å². The Kier molecular flexibility index (Phi) is 5.55. The zero-order chi connectivity index (χ0) is 15.9. The Labute approximate surface area is 131 Å². The van der Waals surface area contributed by atoms with Crippen LogP contribution in [0.5, 0.6) is 0 Å². The SMILES string of the molecule is CCN(c1ccccc1)c1ccc(CNC(=O)[C@H](C)N)cc1. The second-order valence-corrected chi connectivity index (χ2v) is 5.25. The number of rotatable bonds is 6. The number of hydrogen-bond acceptors (Lipinski definition) is 3. The number of nitrogens with one attached hydrogen (secondary N) is 1. The molecule has 4 nitrogen and oxygen atoms in total. The second-order valence-electron chi connectivity index (χ2n) is 5.25. The average Bonchev–Trinajstić information content (AvgIpc) is 2.55. The van der Waals surface area contributed by atoms with Crippen molar-refractivity contribution >= 4 is 17.3 Å². The Morgan fingerprint density at radius 1 is 1.09 bits per heavy atom. The van der Waals surface area contributed by atoms with Crippen molar-refractivity contribution in [3.8, 4) is 0 Å². The molecule has 0 aliphatic carbocycles. The summed E-state index contributed by atoms with van der Waals surface area (Å²) in [6.07, 6.45) is 0. The van der Waals surface area contributed by atoms with Crippen LogP contribution in [0.4, 0.5) is 11.4 Å². The quantitative estimate of drug-likeness (QED) is 0.862. The van der Waals surface area contributed by atoms with Crippen molar-refractivity contribution in [2.24, 2.45) is 5.73 Å². The fraction of sp³-hybridized carbons (Fsp3) is 0.278. The van der Waals surface area contributed by atoms with Gasteiger partial charge in [0.25, 0.3) is 0 Å². The summed E-state index contributed by atoms with van der Waals surface area (Å²) in [7, 11) is 0. The average molecular weight is 297 g/mol. The first-order valence-electron chi connectivity index (χ1n) is 7.56. The maximum Gasteiger partial charge on any atom is 0.236 e. The van der Waals surface area contributed by atoms with E-state index in [9.17, 15) is 4.79 Å². The van der Waals surface area contributed by atoms with Crippen molar-refractivity contribution in [2.45, 2.75) is 26.4 Å². The smallest absolute Gasteiger partial charge is 0.236 e. The van der Waals surface area contributed by atoms with E-state index in [1.807, 2.05) is 30.3 Å². The van der Waals surface area contributed by atoms with Gasteiger partial charge in [0.2, 0.25) is 5.91 Å². The molecule has 22 heavy (non-hydrogen) atoms. The van der Waals surface area contributed by atoms with Gasteiger partial charge in [-0.25, -0.2) is 0 Å². The summed E-state index contributed by atoms with van der Waals surface area (Å²) in [5.41, 5.74) is 8.89. The van der Waals surface area contributed by atoms with Crippen LogP contribution in [0.2, 0.25) is 0 Å². The molecule has 0 bridgehead atoms. The molecule has 2 aromatic carbocycles. The van der Waals surface area contributed by atoms with E-state index in [4.69, 9.17) is 5.73 Å². The topological polar surface area (TPSA) is 58.4 Å². The molecule has 4 heteroatoms. The number of nitrogens with zero attached hydrogens (tertiary/aromatic N) is 1. The normalized spacial score (nSPS) is 11.8. The van der Waals surface area contributed by atoms with Gasteiger partial charge in [-0.2, -0.15) is 0 Å². The number of carbonyl (C=O) groups is 1. The minimum Gasteiger partial charge on any atom is -0.351 e. The minimum absolute atomic E-state index is 0.136. The predicted molar refractivity (Wildman–Crippen MR) is 91.1 cm³/mol. The lowest BCUT2D eigenvalue weighted by molar-refractivity contribution is -0.122. The van der Waals surface area contributed by atoms with Gasteiger partial charge >= 0.3 is 0 Å². The van der Waals surface area contributed by atoms with Crippen LogP contribution in [0, 0.1) is 0 Å². The molecule has 0 saturated carbocycles. The summed E-state index contributed by atoms with van der Waals surface area (Å²) in [5.74, 6) is -0.136. The standard InChI is InChI=1S/C18H23N3O/c1-3-21(16-7-5-4-6-8-16)17-11-9-15(10-12-17)13-20-18(22)14(2)19/h4-12,14H,3,13,19H2,1-2H3,(H,20,22)/t14-/m0/s1. The number of anilines is 2. The van der Waals surface area contributed by atoms with Crippen molar-refractivity contribution in [1.82, 2.24) is 5.32 Å². The van der Waals surface area contributed by atoms with Crippen molar-refractivity contribution in [3.63, 3.8) is 0 Å². The molecule has 0 aliphatic heterocycles. The Bertz CT molecular complexity index is 593. The van der Waals surface area contributed by atoms with Crippen molar-refractivity contribution in [1.29, 1.82) is 0 Å². The third-order valence-corrected chi connectivity index (χ3v) is 3.51. The van der Waals surface area contributed by atoms with Crippen LogP contribution in [0.25, 0.3) is 0 Å². The molecule has 0 radical (unpaired) electrons. The minimum atomic E-state index is -0.479. The number of nitrogens with two attached hydrogens (primary N) is 1.